The van der Waals surface area contributed by atoms with Gasteiger partial charge < -0.3 is 10.1 Å². The van der Waals surface area contributed by atoms with E-state index in [1.807, 2.05) is 6.07 Å². The number of ether oxygens (including phenoxy) is 1. The van der Waals surface area contributed by atoms with Crippen molar-refractivity contribution < 1.29 is 17.9 Å². The van der Waals surface area contributed by atoms with Crippen molar-refractivity contribution >= 4 is 31.9 Å². The van der Waals surface area contributed by atoms with Crippen molar-refractivity contribution in [2.75, 3.05) is 26.3 Å². The smallest absolute Gasteiger partial charge is 0.251 e. The molecule has 3 rings (SSSR count). The van der Waals surface area contributed by atoms with Crippen LogP contribution in [-0.4, -0.2) is 44.9 Å². The molecule has 0 aromatic heterocycles. The summed E-state index contributed by atoms with van der Waals surface area (Å²) >= 11 is 3.33. The van der Waals surface area contributed by atoms with Gasteiger partial charge in [0.25, 0.3) is 5.91 Å². The molecule has 1 saturated heterocycles. The molecule has 0 saturated carbocycles. The Morgan fingerprint density at radius 1 is 1.12 bits per heavy atom. The van der Waals surface area contributed by atoms with Crippen LogP contribution in [-0.2, 0) is 21.3 Å². The summed E-state index contributed by atoms with van der Waals surface area (Å²) in [5.74, 6) is -0.259. The van der Waals surface area contributed by atoms with Crippen LogP contribution >= 0.6 is 15.9 Å². The Morgan fingerprint density at radius 2 is 1.85 bits per heavy atom. The second-order valence-corrected chi connectivity index (χ2v) is 8.64. The van der Waals surface area contributed by atoms with Crippen molar-refractivity contribution in [2.45, 2.75) is 11.4 Å². The van der Waals surface area contributed by atoms with E-state index in [4.69, 9.17) is 4.74 Å². The summed E-state index contributed by atoms with van der Waals surface area (Å²) in [5.41, 5.74) is 1.07. The molecule has 1 N–H and O–H groups in total. The molecule has 0 radical (unpaired) electrons. The maximum absolute atomic E-state index is 12.9. The van der Waals surface area contributed by atoms with E-state index < -0.39 is 10.0 Å². The highest BCUT2D eigenvalue weighted by Crippen LogP contribution is 2.21. The lowest BCUT2D eigenvalue weighted by Gasteiger charge is -2.27. The number of hydrogen-bond acceptors (Lipinski definition) is 4. The first-order valence-electron chi connectivity index (χ1n) is 8.18. The minimum atomic E-state index is -3.62. The lowest BCUT2D eigenvalue weighted by molar-refractivity contribution is 0.0730. The van der Waals surface area contributed by atoms with Gasteiger partial charge in [-0.3, -0.25) is 4.79 Å². The largest absolute Gasteiger partial charge is 0.379 e. The minimum Gasteiger partial charge on any atom is -0.379 e. The SMILES string of the molecule is O=C(NCc1ccccc1S(=O)(=O)N1CCOCC1)c1cccc(Br)c1. The Labute approximate surface area is 161 Å². The fourth-order valence-corrected chi connectivity index (χ4v) is 4.76. The molecular formula is C18H19BrN2O4S. The topological polar surface area (TPSA) is 75.7 Å². The number of nitrogens with zero attached hydrogens (tertiary/aromatic N) is 1. The first-order chi connectivity index (χ1) is 12.5. The number of benzene rings is 2. The van der Waals surface area contributed by atoms with Gasteiger partial charge in [-0.2, -0.15) is 4.31 Å². The Bertz CT molecular complexity index is 896. The lowest BCUT2D eigenvalue weighted by Crippen LogP contribution is -2.41. The molecule has 0 bridgehead atoms. The van der Waals surface area contributed by atoms with Crippen LogP contribution in [0.15, 0.2) is 57.9 Å². The van der Waals surface area contributed by atoms with Gasteiger partial charge in [0.15, 0.2) is 0 Å². The van der Waals surface area contributed by atoms with Crippen molar-refractivity contribution in [3.63, 3.8) is 0 Å². The van der Waals surface area contributed by atoms with E-state index in [2.05, 4.69) is 21.2 Å². The standard InChI is InChI=1S/C18H19BrN2O4S/c19-16-6-3-5-14(12-16)18(22)20-13-15-4-1-2-7-17(15)26(23,24)21-8-10-25-11-9-21/h1-7,12H,8-11,13H2,(H,20,22). The van der Waals surface area contributed by atoms with E-state index in [1.165, 1.54) is 4.31 Å². The van der Waals surface area contributed by atoms with E-state index in [1.54, 1.807) is 42.5 Å². The van der Waals surface area contributed by atoms with Gasteiger partial charge in [0, 0.05) is 29.7 Å². The van der Waals surface area contributed by atoms with Crippen LogP contribution in [0.2, 0.25) is 0 Å². The van der Waals surface area contributed by atoms with Crippen molar-refractivity contribution in [3.05, 3.63) is 64.1 Å². The Morgan fingerprint density at radius 3 is 2.58 bits per heavy atom. The molecule has 6 nitrogen and oxygen atoms in total. The van der Waals surface area contributed by atoms with Crippen LogP contribution in [0, 0.1) is 0 Å². The van der Waals surface area contributed by atoms with Crippen LogP contribution in [0.1, 0.15) is 15.9 Å². The zero-order valence-electron chi connectivity index (χ0n) is 14.0. The fourth-order valence-electron chi connectivity index (χ4n) is 2.73. The van der Waals surface area contributed by atoms with Crippen molar-refractivity contribution in [2.24, 2.45) is 0 Å². The highest BCUT2D eigenvalue weighted by atomic mass is 79.9. The average Bonchev–Trinajstić information content (AvgIpc) is 2.67. The van der Waals surface area contributed by atoms with Crippen LogP contribution in [0.4, 0.5) is 0 Å². The first-order valence-corrected chi connectivity index (χ1v) is 10.4. The van der Waals surface area contributed by atoms with Crippen LogP contribution in [0.25, 0.3) is 0 Å². The lowest BCUT2D eigenvalue weighted by atomic mass is 10.2. The molecule has 8 heteroatoms. The maximum Gasteiger partial charge on any atom is 0.251 e. The molecule has 138 valence electrons. The summed E-state index contributed by atoms with van der Waals surface area (Å²) in [6, 6.07) is 13.8. The number of amides is 1. The van der Waals surface area contributed by atoms with Gasteiger partial charge in [-0.25, -0.2) is 8.42 Å². The first kappa shape index (κ1) is 19.0. The normalized spacial score (nSPS) is 15.6. The number of halogens is 1. The van der Waals surface area contributed by atoms with E-state index in [0.29, 0.717) is 37.4 Å². The van der Waals surface area contributed by atoms with E-state index >= 15 is 0 Å². The second kappa shape index (κ2) is 8.30. The van der Waals surface area contributed by atoms with Crippen molar-refractivity contribution in [3.8, 4) is 0 Å². The van der Waals surface area contributed by atoms with Crippen LogP contribution in [0.5, 0.6) is 0 Å². The number of carbonyl (C=O) groups is 1. The van der Waals surface area contributed by atoms with Crippen LogP contribution < -0.4 is 5.32 Å². The predicted octanol–water partition coefficient (Wildman–Crippen LogP) is 2.40. The van der Waals surface area contributed by atoms with Gasteiger partial charge in [0.05, 0.1) is 18.1 Å². The number of hydrogen-bond donors (Lipinski definition) is 1. The third-order valence-corrected chi connectivity index (χ3v) is 6.58. The van der Waals surface area contributed by atoms with Crippen LogP contribution in [0.3, 0.4) is 0 Å². The van der Waals surface area contributed by atoms with E-state index in [9.17, 15) is 13.2 Å². The molecule has 1 amide bonds. The number of rotatable bonds is 5. The number of morpholine rings is 1. The average molecular weight is 439 g/mol. The minimum absolute atomic E-state index is 0.130. The Kier molecular flexibility index (Phi) is 6.08. The molecule has 1 aliphatic heterocycles. The van der Waals surface area contributed by atoms with E-state index in [-0.39, 0.29) is 17.3 Å². The molecule has 0 atom stereocenters. The van der Waals surface area contributed by atoms with Gasteiger partial charge >= 0.3 is 0 Å². The summed E-state index contributed by atoms with van der Waals surface area (Å²) in [7, 11) is -3.62. The zero-order valence-corrected chi connectivity index (χ0v) is 16.4. The molecule has 1 heterocycles. The molecule has 1 fully saturated rings. The summed E-state index contributed by atoms with van der Waals surface area (Å²) in [5, 5.41) is 2.79. The third kappa shape index (κ3) is 4.32. The molecule has 26 heavy (non-hydrogen) atoms. The second-order valence-electron chi connectivity index (χ2n) is 5.82. The quantitative estimate of drug-likeness (QED) is 0.777. The summed E-state index contributed by atoms with van der Waals surface area (Å²) in [6.45, 7) is 1.58. The maximum atomic E-state index is 12.9. The van der Waals surface area contributed by atoms with Crippen molar-refractivity contribution in [1.29, 1.82) is 0 Å². The Balaban J connectivity index is 1.78. The molecular weight excluding hydrogens is 420 g/mol. The number of sulfonamides is 1. The van der Waals surface area contributed by atoms with Gasteiger partial charge in [-0.15, -0.1) is 0 Å². The predicted molar refractivity (Wildman–Crippen MR) is 101 cm³/mol. The van der Waals surface area contributed by atoms with Gasteiger partial charge in [-0.05, 0) is 29.8 Å². The molecule has 0 unspecified atom stereocenters. The number of carbonyl (C=O) groups excluding carboxylic acids is 1. The van der Waals surface area contributed by atoms with Gasteiger partial charge in [0.1, 0.15) is 0 Å². The number of nitrogens with one attached hydrogen (secondary N) is 1. The highest BCUT2D eigenvalue weighted by Gasteiger charge is 2.28. The van der Waals surface area contributed by atoms with E-state index in [0.717, 1.165) is 4.47 Å². The van der Waals surface area contributed by atoms with Gasteiger partial charge in [0.2, 0.25) is 10.0 Å². The molecule has 0 spiro atoms. The zero-order chi connectivity index (χ0) is 18.6. The van der Waals surface area contributed by atoms with Crippen molar-refractivity contribution in [1.82, 2.24) is 9.62 Å². The molecule has 1 aliphatic rings. The molecule has 0 aliphatic carbocycles. The summed E-state index contributed by atoms with van der Waals surface area (Å²) in [4.78, 5) is 12.5. The van der Waals surface area contributed by atoms with Gasteiger partial charge in [-0.1, -0.05) is 40.2 Å². The molecule has 2 aromatic carbocycles. The molecule has 2 aromatic rings. The third-order valence-electron chi connectivity index (χ3n) is 4.09. The summed E-state index contributed by atoms with van der Waals surface area (Å²) < 4.78 is 33.3. The monoisotopic (exact) mass is 438 g/mol. The summed E-state index contributed by atoms with van der Waals surface area (Å²) in [6.07, 6.45) is 0. The fraction of sp³-hybridized carbons (Fsp3) is 0.278. The highest BCUT2D eigenvalue weighted by molar-refractivity contribution is 9.10. The Hall–Kier alpha value is -1.74.